The van der Waals surface area contributed by atoms with Gasteiger partial charge in [-0.3, -0.25) is 9.69 Å². The molecular formula is C25H32N2O6. The lowest BCUT2D eigenvalue weighted by molar-refractivity contribution is -0.135. The van der Waals surface area contributed by atoms with Gasteiger partial charge in [0, 0.05) is 55.2 Å². The Kier molecular flexibility index (Phi) is 7.48. The fourth-order valence-corrected chi connectivity index (χ4v) is 4.38. The van der Waals surface area contributed by atoms with Crippen LogP contribution in [-0.2, 0) is 4.79 Å². The van der Waals surface area contributed by atoms with Crippen molar-refractivity contribution in [2.75, 3.05) is 34.4 Å². The number of rotatable bonds is 7. The molecule has 8 nitrogen and oxygen atoms in total. The third kappa shape index (κ3) is 5.22. The number of carboxylic acids is 1. The maximum Gasteiger partial charge on any atom is 0.335 e. The first-order valence-electron chi connectivity index (χ1n) is 10.9. The second-order valence-electron chi connectivity index (χ2n) is 8.61. The number of benzene rings is 2. The highest BCUT2D eigenvalue weighted by Crippen LogP contribution is 2.43. The van der Waals surface area contributed by atoms with Gasteiger partial charge in [0.05, 0.1) is 19.8 Å². The van der Waals surface area contributed by atoms with Crippen molar-refractivity contribution in [2.45, 2.75) is 38.3 Å². The molecule has 1 saturated heterocycles. The third-order valence-electron chi connectivity index (χ3n) is 6.55. The second-order valence-corrected chi connectivity index (χ2v) is 8.61. The molecule has 2 aromatic rings. The Morgan fingerprint density at radius 2 is 1.67 bits per heavy atom. The van der Waals surface area contributed by atoms with E-state index in [0.29, 0.717) is 35.7 Å². The maximum atomic E-state index is 13.4. The molecule has 3 rings (SSSR count). The number of aromatic carboxylic acids is 1. The predicted octanol–water partition coefficient (Wildman–Crippen LogP) is 3.18. The minimum atomic E-state index is -1.03. The molecule has 178 valence electrons. The van der Waals surface area contributed by atoms with Crippen LogP contribution in [0.5, 0.6) is 17.2 Å². The van der Waals surface area contributed by atoms with Crippen molar-refractivity contribution in [1.29, 1.82) is 0 Å². The Balaban J connectivity index is 2.01. The molecule has 1 fully saturated rings. The van der Waals surface area contributed by atoms with Gasteiger partial charge in [0.2, 0.25) is 5.91 Å². The molecule has 0 aromatic heterocycles. The van der Waals surface area contributed by atoms with Crippen LogP contribution in [0.2, 0.25) is 0 Å². The standard InChI is InChI=1S/C25H32N2O6/c1-15-13-27(14-16(2)26(15)3)23(29)12-20(17-6-8-18(9-7-17)25(30)31)24-21(28)10-19(32-4)11-22(24)33-5/h6-11,15-16,20,28H,12-14H2,1-5H3,(H,30,31). The summed E-state index contributed by atoms with van der Waals surface area (Å²) in [7, 11) is 5.05. The molecule has 8 heteroatoms. The van der Waals surface area contributed by atoms with E-state index in [2.05, 4.69) is 25.8 Å². The van der Waals surface area contributed by atoms with Crippen molar-refractivity contribution in [1.82, 2.24) is 9.80 Å². The molecule has 0 aliphatic carbocycles. The van der Waals surface area contributed by atoms with Gasteiger partial charge < -0.3 is 24.6 Å². The fourth-order valence-electron chi connectivity index (χ4n) is 4.38. The number of ether oxygens (including phenoxy) is 2. The number of carbonyl (C=O) groups is 2. The van der Waals surface area contributed by atoms with E-state index in [1.165, 1.54) is 32.4 Å². The number of amides is 1. The van der Waals surface area contributed by atoms with Crippen molar-refractivity contribution in [3.05, 3.63) is 53.1 Å². The smallest absolute Gasteiger partial charge is 0.335 e. The van der Waals surface area contributed by atoms with Crippen LogP contribution in [0.3, 0.4) is 0 Å². The molecule has 1 heterocycles. The first kappa shape index (κ1) is 24.4. The van der Waals surface area contributed by atoms with Gasteiger partial charge in [-0.25, -0.2) is 4.79 Å². The topological polar surface area (TPSA) is 99.5 Å². The van der Waals surface area contributed by atoms with Gasteiger partial charge in [-0.2, -0.15) is 0 Å². The number of methoxy groups -OCH3 is 2. The molecule has 3 atom stereocenters. The number of aromatic hydroxyl groups is 1. The number of carboxylic acid groups (broad SMARTS) is 1. The van der Waals surface area contributed by atoms with Gasteiger partial charge in [-0.15, -0.1) is 0 Å². The van der Waals surface area contributed by atoms with Crippen molar-refractivity contribution in [3.8, 4) is 17.2 Å². The summed E-state index contributed by atoms with van der Waals surface area (Å²) in [5.74, 6) is -0.822. The monoisotopic (exact) mass is 456 g/mol. The van der Waals surface area contributed by atoms with E-state index in [1.54, 1.807) is 18.2 Å². The van der Waals surface area contributed by atoms with Gasteiger partial charge in [0.1, 0.15) is 17.2 Å². The van der Waals surface area contributed by atoms with Crippen molar-refractivity contribution >= 4 is 11.9 Å². The van der Waals surface area contributed by atoms with Gasteiger partial charge in [-0.1, -0.05) is 12.1 Å². The van der Waals surface area contributed by atoms with Crippen molar-refractivity contribution < 1.29 is 29.3 Å². The van der Waals surface area contributed by atoms with Gasteiger partial charge in [0.15, 0.2) is 0 Å². The maximum absolute atomic E-state index is 13.4. The summed E-state index contributed by atoms with van der Waals surface area (Å²) in [5, 5.41) is 20.1. The zero-order valence-corrected chi connectivity index (χ0v) is 19.7. The van der Waals surface area contributed by atoms with E-state index in [4.69, 9.17) is 9.47 Å². The molecule has 2 aromatic carbocycles. The zero-order valence-electron chi connectivity index (χ0n) is 19.7. The van der Waals surface area contributed by atoms with E-state index in [9.17, 15) is 19.8 Å². The van der Waals surface area contributed by atoms with Crippen LogP contribution in [-0.4, -0.2) is 78.3 Å². The summed E-state index contributed by atoms with van der Waals surface area (Å²) >= 11 is 0. The highest BCUT2D eigenvalue weighted by Gasteiger charge is 2.32. The van der Waals surface area contributed by atoms with Crippen LogP contribution in [0.4, 0.5) is 0 Å². The number of piperazine rings is 1. The lowest BCUT2D eigenvalue weighted by Gasteiger charge is -2.42. The SMILES string of the molecule is COc1cc(O)c(C(CC(=O)N2CC(C)N(C)C(C)C2)c2ccc(C(=O)O)cc2)c(OC)c1. The van der Waals surface area contributed by atoms with Crippen LogP contribution in [0, 0.1) is 0 Å². The van der Waals surface area contributed by atoms with E-state index in [0.717, 1.165) is 0 Å². The van der Waals surface area contributed by atoms with Gasteiger partial charge >= 0.3 is 5.97 Å². The highest BCUT2D eigenvalue weighted by atomic mass is 16.5. The second kappa shape index (κ2) is 10.1. The summed E-state index contributed by atoms with van der Waals surface area (Å²) in [4.78, 5) is 28.9. The predicted molar refractivity (Wildman–Crippen MR) is 124 cm³/mol. The molecule has 0 spiro atoms. The molecule has 1 aliphatic rings. The van der Waals surface area contributed by atoms with Crippen molar-refractivity contribution in [2.24, 2.45) is 0 Å². The number of hydrogen-bond acceptors (Lipinski definition) is 6. The lowest BCUT2D eigenvalue weighted by Crippen LogP contribution is -2.56. The Morgan fingerprint density at radius 3 is 2.18 bits per heavy atom. The number of phenolic OH excluding ortho intramolecular Hbond substituents is 1. The number of likely N-dealkylation sites (N-methyl/N-ethyl adjacent to an activating group) is 1. The van der Waals surface area contributed by atoms with Gasteiger partial charge in [0.25, 0.3) is 0 Å². The summed E-state index contributed by atoms with van der Waals surface area (Å²) < 4.78 is 10.8. The van der Waals surface area contributed by atoms with E-state index in [1.807, 2.05) is 4.90 Å². The van der Waals surface area contributed by atoms with E-state index < -0.39 is 11.9 Å². The van der Waals surface area contributed by atoms with E-state index in [-0.39, 0.29) is 35.7 Å². The summed E-state index contributed by atoms with van der Waals surface area (Å²) in [5.41, 5.74) is 1.32. The number of phenols is 1. The molecule has 33 heavy (non-hydrogen) atoms. The highest BCUT2D eigenvalue weighted by molar-refractivity contribution is 5.87. The van der Waals surface area contributed by atoms with Crippen LogP contribution in [0.25, 0.3) is 0 Å². The summed E-state index contributed by atoms with van der Waals surface area (Å²) in [6, 6.07) is 9.98. The number of nitrogens with zero attached hydrogens (tertiary/aromatic N) is 2. The Labute approximate surface area is 194 Å². The van der Waals surface area contributed by atoms with Gasteiger partial charge in [-0.05, 0) is 38.6 Å². The molecule has 0 radical (unpaired) electrons. The largest absolute Gasteiger partial charge is 0.507 e. The van der Waals surface area contributed by atoms with Crippen molar-refractivity contribution in [3.63, 3.8) is 0 Å². The molecule has 1 amide bonds. The molecular weight excluding hydrogens is 424 g/mol. The molecule has 1 aliphatic heterocycles. The average Bonchev–Trinajstić information content (AvgIpc) is 2.80. The molecule has 0 bridgehead atoms. The van der Waals surface area contributed by atoms with Crippen LogP contribution in [0.15, 0.2) is 36.4 Å². The number of carbonyl (C=O) groups excluding carboxylic acids is 1. The third-order valence-corrected chi connectivity index (χ3v) is 6.55. The fraction of sp³-hybridized carbons (Fsp3) is 0.440. The average molecular weight is 457 g/mol. The zero-order chi connectivity index (χ0) is 24.3. The summed E-state index contributed by atoms with van der Waals surface area (Å²) in [6.07, 6.45) is 0.103. The normalized spacial score (nSPS) is 19.7. The lowest BCUT2D eigenvalue weighted by atomic mass is 9.86. The first-order chi connectivity index (χ1) is 15.7. The molecule has 0 saturated carbocycles. The van der Waals surface area contributed by atoms with Crippen LogP contribution >= 0.6 is 0 Å². The quantitative estimate of drug-likeness (QED) is 0.660. The number of hydrogen-bond donors (Lipinski definition) is 2. The Bertz CT molecular complexity index is 995. The Morgan fingerprint density at radius 1 is 1.06 bits per heavy atom. The minimum absolute atomic E-state index is 0.0358. The van der Waals surface area contributed by atoms with Crippen LogP contribution < -0.4 is 9.47 Å². The minimum Gasteiger partial charge on any atom is -0.507 e. The Hall–Kier alpha value is -3.26. The van der Waals surface area contributed by atoms with Crippen LogP contribution in [0.1, 0.15) is 47.7 Å². The van der Waals surface area contributed by atoms with E-state index >= 15 is 0 Å². The molecule has 2 N–H and O–H groups in total. The molecule has 3 unspecified atom stereocenters. The first-order valence-corrected chi connectivity index (χ1v) is 10.9. The summed E-state index contributed by atoms with van der Waals surface area (Å²) in [6.45, 7) is 5.43.